The number of hydrogen-bond donors (Lipinski definition) is 3. The number of carbonyl (C=O) groups excluding carboxylic acids is 1. The van der Waals surface area contributed by atoms with Gasteiger partial charge in [-0.3, -0.25) is 4.79 Å². The highest BCUT2D eigenvalue weighted by atomic mass is 35.5. The third kappa shape index (κ3) is 6.50. The summed E-state index contributed by atoms with van der Waals surface area (Å²) in [6, 6.07) is 5.00. The lowest BCUT2D eigenvalue weighted by Gasteiger charge is -2.09. The summed E-state index contributed by atoms with van der Waals surface area (Å²) in [4.78, 5) is 11.8. The minimum Gasteiger partial charge on any atom is -0.397 e. The minimum absolute atomic E-state index is 0.0604. The van der Waals surface area contributed by atoms with Crippen LogP contribution in [0.3, 0.4) is 0 Å². The maximum Gasteiger partial charge on any atom is 0.224 e. The largest absolute Gasteiger partial charge is 0.397 e. The molecule has 4 nitrogen and oxygen atoms in total. The van der Waals surface area contributed by atoms with E-state index in [1.54, 1.807) is 30.0 Å². The second-order valence-electron chi connectivity index (χ2n) is 4.75. The summed E-state index contributed by atoms with van der Waals surface area (Å²) in [6.45, 7) is 2.21. The third-order valence-electron chi connectivity index (χ3n) is 2.70. The highest BCUT2D eigenvalue weighted by Crippen LogP contribution is 2.23. The van der Waals surface area contributed by atoms with E-state index in [1.807, 2.05) is 6.92 Å². The standard InChI is InChI=1S/C14H21ClN2O2S/c1-10(8-18)9-20-6-2-3-14(19)17-13-7-11(15)4-5-12(13)16/h4-5,7,10,18H,2-3,6,8-9,16H2,1H3,(H,17,19). The highest BCUT2D eigenvalue weighted by Gasteiger charge is 2.06. The van der Waals surface area contributed by atoms with E-state index in [0.29, 0.717) is 28.7 Å². The Morgan fingerprint density at radius 3 is 3.00 bits per heavy atom. The maximum absolute atomic E-state index is 11.8. The molecule has 1 aromatic rings. The Labute approximate surface area is 129 Å². The van der Waals surface area contributed by atoms with Crippen LogP contribution in [0.1, 0.15) is 19.8 Å². The van der Waals surface area contributed by atoms with Gasteiger partial charge < -0.3 is 16.2 Å². The molecule has 1 amide bonds. The van der Waals surface area contributed by atoms with Crippen LogP contribution in [0.25, 0.3) is 0 Å². The Morgan fingerprint density at radius 2 is 2.30 bits per heavy atom. The Bertz CT molecular complexity index is 443. The first kappa shape index (κ1) is 17.1. The van der Waals surface area contributed by atoms with Crippen LogP contribution in [-0.4, -0.2) is 29.1 Å². The van der Waals surface area contributed by atoms with Crippen molar-refractivity contribution >= 4 is 40.6 Å². The van der Waals surface area contributed by atoms with E-state index in [2.05, 4.69) is 5.32 Å². The number of anilines is 2. The van der Waals surface area contributed by atoms with Gasteiger partial charge >= 0.3 is 0 Å². The molecule has 0 radical (unpaired) electrons. The zero-order valence-corrected chi connectivity index (χ0v) is 13.1. The van der Waals surface area contributed by atoms with Gasteiger partial charge in [-0.25, -0.2) is 0 Å². The summed E-state index contributed by atoms with van der Waals surface area (Å²) in [5.41, 5.74) is 6.83. The van der Waals surface area contributed by atoms with Gasteiger partial charge in [0.15, 0.2) is 0 Å². The van der Waals surface area contributed by atoms with Gasteiger partial charge in [0.2, 0.25) is 5.91 Å². The molecule has 0 fully saturated rings. The number of aliphatic hydroxyl groups is 1. The molecule has 0 bridgehead atoms. The molecule has 0 aliphatic carbocycles. The lowest BCUT2D eigenvalue weighted by Crippen LogP contribution is -2.13. The van der Waals surface area contributed by atoms with E-state index >= 15 is 0 Å². The van der Waals surface area contributed by atoms with Crippen LogP contribution in [-0.2, 0) is 4.79 Å². The van der Waals surface area contributed by atoms with Gasteiger partial charge in [0.05, 0.1) is 11.4 Å². The van der Waals surface area contributed by atoms with Gasteiger partial charge in [-0.2, -0.15) is 11.8 Å². The number of rotatable bonds is 8. The van der Waals surface area contributed by atoms with Crippen LogP contribution in [0.5, 0.6) is 0 Å². The summed E-state index contributed by atoms with van der Waals surface area (Å²) in [6.07, 6.45) is 1.25. The fourth-order valence-corrected chi connectivity index (χ4v) is 2.72. The van der Waals surface area contributed by atoms with Crippen molar-refractivity contribution in [2.45, 2.75) is 19.8 Å². The second kappa shape index (κ2) is 9.10. The molecule has 112 valence electrons. The molecule has 1 unspecified atom stereocenters. The van der Waals surface area contributed by atoms with Crippen molar-refractivity contribution in [3.8, 4) is 0 Å². The number of carbonyl (C=O) groups is 1. The van der Waals surface area contributed by atoms with Crippen LogP contribution in [0, 0.1) is 5.92 Å². The summed E-state index contributed by atoms with van der Waals surface area (Å²) in [7, 11) is 0. The number of thioether (sulfide) groups is 1. The Balaban J connectivity index is 2.25. The van der Waals surface area contributed by atoms with Gasteiger partial charge in [-0.1, -0.05) is 18.5 Å². The second-order valence-corrected chi connectivity index (χ2v) is 6.33. The van der Waals surface area contributed by atoms with Crippen molar-refractivity contribution in [3.05, 3.63) is 23.2 Å². The topological polar surface area (TPSA) is 75.3 Å². The molecule has 0 spiro atoms. The average Bonchev–Trinajstić information content (AvgIpc) is 2.42. The van der Waals surface area contributed by atoms with Crippen LogP contribution in [0.4, 0.5) is 11.4 Å². The number of halogens is 1. The van der Waals surface area contributed by atoms with Crippen molar-refractivity contribution in [2.24, 2.45) is 5.92 Å². The number of nitrogen functional groups attached to an aromatic ring is 1. The number of nitrogens with two attached hydrogens (primary N) is 1. The van der Waals surface area contributed by atoms with E-state index in [0.717, 1.165) is 17.9 Å². The number of benzene rings is 1. The van der Waals surface area contributed by atoms with Crippen LogP contribution in [0.15, 0.2) is 18.2 Å². The zero-order valence-electron chi connectivity index (χ0n) is 11.6. The lowest BCUT2D eigenvalue weighted by atomic mass is 10.2. The Hall–Kier alpha value is -0.910. The van der Waals surface area contributed by atoms with Crippen LogP contribution >= 0.6 is 23.4 Å². The fraction of sp³-hybridized carbons (Fsp3) is 0.500. The van der Waals surface area contributed by atoms with Crippen molar-refractivity contribution < 1.29 is 9.90 Å². The molecule has 0 aliphatic rings. The summed E-state index contributed by atoms with van der Waals surface area (Å²) in [5.74, 6) is 2.07. The Kier molecular flexibility index (Phi) is 7.80. The first-order chi connectivity index (χ1) is 9.52. The van der Waals surface area contributed by atoms with Crippen molar-refractivity contribution in [1.29, 1.82) is 0 Å². The fourth-order valence-electron chi connectivity index (χ4n) is 1.52. The predicted molar refractivity (Wildman–Crippen MR) is 87.3 cm³/mol. The normalized spacial score (nSPS) is 12.2. The van der Waals surface area contributed by atoms with Crippen LogP contribution in [0.2, 0.25) is 5.02 Å². The maximum atomic E-state index is 11.8. The smallest absolute Gasteiger partial charge is 0.224 e. The quantitative estimate of drug-likeness (QED) is 0.509. The Morgan fingerprint density at radius 1 is 1.55 bits per heavy atom. The highest BCUT2D eigenvalue weighted by molar-refractivity contribution is 7.99. The first-order valence-corrected chi connectivity index (χ1v) is 8.09. The molecule has 0 aliphatic heterocycles. The predicted octanol–water partition coefficient (Wildman–Crippen LogP) is 3.00. The molecule has 1 aromatic carbocycles. The molecule has 0 aromatic heterocycles. The van der Waals surface area contributed by atoms with Gasteiger partial charge in [-0.05, 0) is 42.0 Å². The molecule has 4 N–H and O–H groups in total. The van der Waals surface area contributed by atoms with E-state index < -0.39 is 0 Å². The van der Waals surface area contributed by atoms with E-state index in [9.17, 15) is 4.79 Å². The van der Waals surface area contributed by atoms with E-state index in [-0.39, 0.29) is 12.5 Å². The third-order valence-corrected chi connectivity index (χ3v) is 4.31. The number of amides is 1. The SMILES string of the molecule is CC(CO)CSCCCC(=O)Nc1cc(Cl)ccc1N. The molecule has 0 saturated heterocycles. The first-order valence-electron chi connectivity index (χ1n) is 6.56. The van der Waals surface area contributed by atoms with E-state index in [1.165, 1.54) is 0 Å². The molecule has 0 saturated carbocycles. The number of hydrogen-bond acceptors (Lipinski definition) is 4. The molecule has 20 heavy (non-hydrogen) atoms. The van der Waals surface area contributed by atoms with Gasteiger partial charge in [0, 0.05) is 18.1 Å². The number of aliphatic hydroxyl groups excluding tert-OH is 1. The zero-order chi connectivity index (χ0) is 15.0. The van der Waals surface area contributed by atoms with Crippen molar-refractivity contribution in [1.82, 2.24) is 0 Å². The van der Waals surface area contributed by atoms with Gasteiger partial charge in [-0.15, -0.1) is 0 Å². The summed E-state index contributed by atoms with van der Waals surface area (Å²) < 4.78 is 0. The van der Waals surface area contributed by atoms with Crippen molar-refractivity contribution in [2.75, 3.05) is 29.2 Å². The van der Waals surface area contributed by atoms with Crippen LogP contribution < -0.4 is 11.1 Å². The average molecular weight is 317 g/mol. The molecular weight excluding hydrogens is 296 g/mol. The van der Waals surface area contributed by atoms with Gasteiger partial charge in [0.25, 0.3) is 0 Å². The molecule has 1 atom stereocenters. The van der Waals surface area contributed by atoms with E-state index in [4.69, 9.17) is 22.4 Å². The summed E-state index contributed by atoms with van der Waals surface area (Å²) >= 11 is 7.61. The molecule has 6 heteroatoms. The molecule has 0 heterocycles. The van der Waals surface area contributed by atoms with Gasteiger partial charge in [0.1, 0.15) is 0 Å². The lowest BCUT2D eigenvalue weighted by molar-refractivity contribution is -0.116. The van der Waals surface area contributed by atoms with Crippen molar-refractivity contribution in [3.63, 3.8) is 0 Å². The monoisotopic (exact) mass is 316 g/mol. The number of nitrogens with one attached hydrogen (secondary N) is 1. The molecular formula is C14H21ClN2O2S. The minimum atomic E-state index is -0.0604. The molecule has 1 rings (SSSR count). The summed E-state index contributed by atoms with van der Waals surface area (Å²) in [5, 5.41) is 12.2.